The summed E-state index contributed by atoms with van der Waals surface area (Å²) in [6.07, 6.45) is -2.70. The van der Waals surface area contributed by atoms with E-state index in [1.54, 1.807) is 35.8 Å². The van der Waals surface area contributed by atoms with E-state index in [0.29, 0.717) is 47.8 Å². The second-order valence-electron chi connectivity index (χ2n) is 8.90. The average molecular weight is 540 g/mol. The third kappa shape index (κ3) is 5.30. The smallest absolute Gasteiger partial charge is 0.391 e. The Morgan fingerprint density at radius 1 is 1.18 bits per heavy atom. The van der Waals surface area contributed by atoms with Gasteiger partial charge in [-0.3, -0.25) is 4.79 Å². The van der Waals surface area contributed by atoms with Crippen molar-refractivity contribution >= 4 is 34.7 Å². The molecule has 0 spiro atoms. The van der Waals surface area contributed by atoms with Gasteiger partial charge in [0.15, 0.2) is 5.65 Å². The Morgan fingerprint density at radius 2 is 2.00 bits per heavy atom. The van der Waals surface area contributed by atoms with Crippen LogP contribution >= 0.6 is 11.6 Å². The largest absolute Gasteiger partial charge is 0.416 e. The van der Waals surface area contributed by atoms with Crippen molar-refractivity contribution in [2.75, 3.05) is 23.3 Å². The molecule has 194 valence electrons. The van der Waals surface area contributed by atoms with E-state index in [9.17, 15) is 23.1 Å². The minimum atomic E-state index is -4.60. The van der Waals surface area contributed by atoms with E-state index >= 15 is 0 Å². The minimum Gasteiger partial charge on any atom is -0.391 e. The lowest BCUT2D eigenvalue weighted by Gasteiger charge is -2.16. The molecule has 1 atom stereocenters. The predicted molar refractivity (Wildman–Crippen MR) is 137 cm³/mol. The number of anilines is 2. The minimum absolute atomic E-state index is 0.0659. The van der Waals surface area contributed by atoms with Gasteiger partial charge in [-0.25, -0.2) is 9.50 Å². The molecule has 11 heteroatoms. The quantitative estimate of drug-likeness (QED) is 0.361. The Hall–Kier alpha value is -4.07. The molecule has 0 aliphatic carbocycles. The lowest BCUT2D eigenvalue weighted by molar-refractivity contribution is -0.137. The van der Waals surface area contributed by atoms with Crippen LogP contribution in [0.2, 0.25) is 5.02 Å². The van der Waals surface area contributed by atoms with Crippen LogP contribution in [0.4, 0.5) is 24.7 Å². The summed E-state index contributed by atoms with van der Waals surface area (Å²) in [7, 11) is 0. The van der Waals surface area contributed by atoms with Gasteiger partial charge in [-0.05, 0) is 67.3 Å². The standard InChI is InChI=1S/C27H21ClF3N5O2/c1-16-17(3-2-4-23(16)26(38)33-20-12-18(27(29,30)31)11-19(28)13-20)5-6-21-14-32-24-7-8-25(34-36(21)24)35-10-9-22(37)15-35/h2-4,7-8,11-14,22,37H,9-10,15H2,1H3,(H,33,38). The maximum Gasteiger partial charge on any atom is 0.416 e. The summed E-state index contributed by atoms with van der Waals surface area (Å²) in [4.78, 5) is 19.2. The first-order valence-corrected chi connectivity index (χ1v) is 12.0. The number of alkyl halides is 3. The molecule has 2 aromatic carbocycles. The number of aliphatic hydroxyl groups excluding tert-OH is 1. The maximum absolute atomic E-state index is 13.1. The molecule has 0 saturated carbocycles. The summed E-state index contributed by atoms with van der Waals surface area (Å²) in [6.45, 7) is 2.92. The zero-order valence-electron chi connectivity index (χ0n) is 20.1. The van der Waals surface area contributed by atoms with Crippen molar-refractivity contribution in [1.29, 1.82) is 0 Å². The number of hydrogen-bond donors (Lipinski definition) is 2. The molecule has 2 N–H and O–H groups in total. The normalized spacial score (nSPS) is 15.4. The van der Waals surface area contributed by atoms with Crippen molar-refractivity contribution < 1.29 is 23.1 Å². The number of benzene rings is 2. The van der Waals surface area contributed by atoms with Crippen LogP contribution in [-0.4, -0.2) is 44.8 Å². The van der Waals surface area contributed by atoms with Gasteiger partial charge >= 0.3 is 6.18 Å². The number of carbonyl (C=O) groups is 1. The van der Waals surface area contributed by atoms with Crippen molar-refractivity contribution in [3.8, 4) is 11.8 Å². The van der Waals surface area contributed by atoms with Crippen LogP contribution < -0.4 is 10.2 Å². The molecule has 3 heterocycles. The van der Waals surface area contributed by atoms with Crippen LogP contribution in [0, 0.1) is 18.8 Å². The van der Waals surface area contributed by atoms with Crippen molar-refractivity contribution in [1.82, 2.24) is 14.6 Å². The maximum atomic E-state index is 13.1. The molecule has 1 fully saturated rings. The highest BCUT2D eigenvalue weighted by Crippen LogP contribution is 2.33. The lowest BCUT2D eigenvalue weighted by atomic mass is 10.0. The Labute approximate surface area is 220 Å². The SMILES string of the molecule is Cc1c(C#Cc2cnc3ccc(N4CCC(O)C4)nn23)cccc1C(=O)Nc1cc(Cl)cc(C(F)(F)F)c1. The molecule has 7 nitrogen and oxygen atoms in total. The Bertz CT molecular complexity index is 1610. The molecule has 1 unspecified atom stereocenters. The molecule has 1 aliphatic rings. The molecule has 0 bridgehead atoms. The number of aromatic nitrogens is 3. The van der Waals surface area contributed by atoms with Crippen molar-refractivity contribution in [3.63, 3.8) is 0 Å². The van der Waals surface area contributed by atoms with Gasteiger partial charge < -0.3 is 15.3 Å². The van der Waals surface area contributed by atoms with E-state index in [2.05, 4.69) is 27.2 Å². The molecule has 5 rings (SSSR count). The van der Waals surface area contributed by atoms with E-state index < -0.39 is 17.6 Å². The van der Waals surface area contributed by atoms with Gasteiger partial charge in [-0.1, -0.05) is 23.6 Å². The summed E-state index contributed by atoms with van der Waals surface area (Å²) < 4.78 is 41.0. The molecule has 0 radical (unpaired) electrons. The van der Waals surface area contributed by atoms with E-state index in [1.807, 2.05) is 17.0 Å². The van der Waals surface area contributed by atoms with E-state index in [4.69, 9.17) is 11.6 Å². The third-order valence-electron chi connectivity index (χ3n) is 6.22. The first-order valence-electron chi connectivity index (χ1n) is 11.7. The highest BCUT2D eigenvalue weighted by atomic mass is 35.5. The van der Waals surface area contributed by atoms with Gasteiger partial charge in [0.2, 0.25) is 0 Å². The number of aliphatic hydroxyl groups is 1. The molecular weight excluding hydrogens is 519 g/mol. The van der Waals surface area contributed by atoms with Crippen molar-refractivity contribution in [3.05, 3.63) is 87.7 Å². The summed E-state index contributed by atoms with van der Waals surface area (Å²) in [5.74, 6) is 6.21. The Balaban J connectivity index is 1.41. The van der Waals surface area contributed by atoms with Gasteiger partial charge in [0, 0.05) is 34.9 Å². The zero-order chi connectivity index (χ0) is 27.0. The van der Waals surface area contributed by atoms with Crippen LogP contribution in [-0.2, 0) is 6.18 Å². The van der Waals surface area contributed by atoms with Crippen LogP contribution in [0.1, 0.15) is 39.2 Å². The van der Waals surface area contributed by atoms with Gasteiger partial charge in [-0.2, -0.15) is 13.2 Å². The molecule has 38 heavy (non-hydrogen) atoms. The second-order valence-corrected chi connectivity index (χ2v) is 9.34. The number of carbonyl (C=O) groups excluding carboxylic acids is 1. The van der Waals surface area contributed by atoms with Gasteiger partial charge in [0.1, 0.15) is 11.5 Å². The molecule has 1 aliphatic heterocycles. The number of halogens is 4. The van der Waals surface area contributed by atoms with Crippen LogP contribution in [0.25, 0.3) is 5.65 Å². The van der Waals surface area contributed by atoms with Crippen LogP contribution in [0.5, 0.6) is 0 Å². The monoisotopic (exact) mass is 539 g/mol. The van der Waals surface area contributed by atoms with Gasteiger partial charge in [0.05, 0.1) is 17.9 Å². The van der Waals surface area contributed by atoms with Crippen molar-refractivity contribution in [2.45, 2.75) is 25.6 Å². The molecule has 2 aromatic heterocycles. The topological polar surface area (TPSA) is 82.8 Å². The Kier molecular flexibility index (Phi) is 6.73. The lowest BCUT2D eigenvalue weighted by Crippen LogP contribution is -2.22. The fourth-order valence-corrected chi connectivity index (χ4v) is 4.47. The summed E-state index contributed by atoms with van der Waals surface area (Å²) in [5.41, 5.74) is 1.51. The first-order chi connectivity index (χ1) is 18.1. The molecule has 4 aromatic rings. The van der Waals surface area contributed by atoms with Gasteiger partial charge in [0.25, 0.3) is 5.91 Å². The number of imidazole rings is 1. The van der Waals surface area contributed by atoms with E-state index in [0.717, 1.165) is 12.1 Å². The van der Waals surface area contributed by atoms with E-state index in [1.165, 1.54) is 6.07 Å². The Morgan fingerprint density at radius 3 is 2.74 bits per heavy atom. The number of nitrogens with one attached hydrogen (secondary N) is 1. The number of nitrogens with zero attached hydrogens (tertiary/aromatic N) is 4. The number of amides is 1. The van der Waals surface area contributed by atoms with Gasteiger partial charge in [-0.15, -0.1) is 5.10 Å². The summed E-state index contributed by atoms with van der Waals surface area (Å²) >= 11 is 5.83. The summed E-state index contributed by atoms with van der Waals surface area (Å²) in [5, 5.41) is 16.8. The van der Waals surface area contributed by atoms with Crippen LogP contribution in [0.15, 0.2) is 54.7 Å². The third-order valence-corrected chi connectivity index (χ3v) is 6.44. The first kappa shape index (κ1) is 25.6. The molecule has 1 saturated heterocycles. The number of hydrogen-bond acceptors (Lipinski definition) is 5. The fraction of sp³-hybridized carbons (Fsp3) is 0.222. The van der Waals surface area contributed by atoms with Crippen molar-refractivity contribution in [2.24, 2.45) is 0 Å². The second kappa shape index (κ2) is 10.0. The predicted octanol–water partition coefficient (Wildman–Crippen LogP) is 4.93. The summed E-state index contributed by atoms with van der Waals surface area (Å²) in [6, 6.07) is 11.5. The average Bonchev–Trinajstić information content (AvgIpc) is 3.48. The van der Waals surface area contributed by atoms with E-state index in [-0.39, 0.29) is 22.4 Å². The zero-order valence-corrected chi connectivity index (χ0v) is 20.8. The number of β-amino-alcohol motifs (C(OH)–C–C–N with tert-alkyl or cyclic N) is 1. The van der Waals surface area contributed by atoms with Crippen LogP contribution in [0.3, 0.4) is 0 Å². The number of fused-ring (bicyclic) bond motifs is 1. The fourth-order valence-electron chi connectivity index (χ4n) is 4.24. The molecular formula is C27H21ClF3N5O2. The number of rotatable bonds is 3. The highest BCUT2D eigenvalue weighted by molar-refractivity contribution is 6.31. The molecule has 1 amide bonds. The highest BCUT2D eigenvalue weighted by Gasteiger charge is 2.31.